The third-order valence-electron chi connectivity index (χ3n) is 5.71. The lowest BCUT2D eigenvalue weighted by atomic mass is 9.86. The van der Waals surface area contributed by atoms with Crippen molar-refractivity contribution in [2.45, 2.75) is 36.9 Å². The van der Waals surface area contributed by atoms with Crippen LogP contribution in [0.2, 0.25) is 0 Å². The van der Waals surface area contributed by atoms with Crippen molar-refractivity contribution in [3.05, 3.63) is 71.8 Å². The molecule has 2 saturated heterocycles. The predicted octanol–water partition coefficient (Wildman–Crippen LogP) is 3.06. The van der Waals surface area contributed by atoms with Gasteiger partial charge in [-0.2, -0.15) is 0 Å². The Bertz CT molecular complexity index is 691. The Balaban J connectivity index is 1.82. The molecule has 2 bridgehead atoms. The molecule has 25 heavy (non-hydrogen) atoms. The minimum Gasteiger partial charge on any atom is -0.481 e. The molecule has 2 fully saturated rings. The zero-order valence-electron chi connectivity index (χ0n) is 14.3. The molecule has 2 aromatic rings. The highest BCUT2D eigenvalue weighted by Gasteiger charge is 2.52. The summed E-state index contributed by atoms with van der Waals surface area (Å²) in [6.45, 7) is 1.67. The molecular weight excluding hydrogens is 312 g/mol. The number of nitrogens with one attached hydrogen (secondary N) is 1. The summed E-state index contributed by atoms with van der Waals surface area (Å²) >= 11 is 0. The number of carboxylic acids is 1. The standard InChI is InChI=1S/C21H24N2O2/c24-19(25)13-21-12-11-18(14-22-15-21)23(21)20(16-7-3-1-4-8-16)17-9-5-2-6-10-17/h1-10,18,20,22H,11-15H2,(H,24,25). The fourth-order valence-electron chi connectivity index (χ4n) is 4.73. The first-order chi connectivity index (χ1) is 12.2. The topological polar surface area (TPSA) is 52.6 Å². The molecule has 2 aliphatic rings. The molecule has 2 aromatic carbocycles. The number of nitrogens with zero attached hydrogens (tertiary/aromatic N) is 1. The number of piperazine rings is 1. The van der Waals surface area contributed by atoms with Gasteiger partial charge in [0.1, 0.15) is 0 Å². The molecular formula is C21H24N2O2. The number of hydrogen-bond acceptors (Lipinski definition) is 3. The smallest absolute Gasteiger partial charge is 0.305 e. The average molecular weight is 336 g/mol. The summed E-state index contributed by atoms with van der Waals surface area (Å²) < 4.78 is 0. The van der Waals surface area contributed by atoms with Crippen molar-refractivity contribution in [3.63, 3.8) is 0 Å². The van der Waals surface area contributed by atoms with E-state index in [0.717, 1.165) is 25.9 Å². The molecule has 0 spiro atoms. The highest BCUT2D eigenvalue weighted by Crippen LogP contribution is 2.46. The van der Waals surface area contributed by atoms with E-state index >= 15 is 0 Å². The van der Waals surface area contributed by atoms with Crippen molar-refractivity contribution in [3.8, 4) is 0 Å². The van der Waals surface area contributed by atoms with Crippen molar-refractivity contribution < 1.29 is 9.90 Å². The van der Waals surface area contributed by atoms with E-state index in [1.54, 1.807) is 0 Å². The summed E-state index contributed by atoms with van der Waals surface area (Å²) in [5, 5.41) is 13.0. The SMILES string of the molecule is O=C(O)CC12CCC(CNC1)N2C(c1ccccc1)c1ccccc1. The summed E-state index contributed by atoms with van der Waals surface area (Å²) in [6.07, 6.45) is 2.18. The van der Waals surface area contributed by atoms with Gasteiger partial charge in [0, 0.05) is 24.7 Å². The molecule has 2 atom stereocenters. The van der Waals surface area contributed by atoms with Gasteiger partial charge < -0.3 is 10.4 Å². The van der Waals surface area contributed by atoms with Crippen molar-refractivity contribution >= 4 is 5.97 Å². The van der Waals surface area contributed by atoms with E-state index in [1.165, 1.54) is 11.1 Å². The number of rotatable bonds is 5. The van der Waals surface area contributed by atoms with Gasteiger partial charge >= 0.3 is 5.97 Å². The third kappa shape index (κ3) is 2.96. The molecule has 4 nitrogen and oxygen atoms in total. The second-order valence-corrected chi connectivity index (χ2v) is 7.25. The lowest BCUT2D eigenvalue weighted by molar-refractivity contribution is -0.141. The highest BCUT2D eigenvalue weighted by atomic mass is 16.4. The number of fused-ring (bicyclic) bond motifs is 2. The van der Waals surface area contributed by atoms with E-state index in [2.05, 4.69) is 58.7 Å². The number of carbonyl (C=O) groups is 1. The Labute approximate surface area is 148 Å². The van der Waals surface area contributed by atoms with E-state index in [1.807, 2.05) is 12.1 Å². The monoisotopic (exact) mass is 336 g/mol. The van der Waals surface area contributed by atoms with Gasteiger partial charge in [-0.3, -0.25) is 9.69 Å². The number of hydrogen-bond donors (Lipinski definition) is 2. The van der Waals surface area contributed by atoms with Crippen LogP contribution in [0, 0.1) is 0 Å². The summed E-state index contributed by atoms with van der Waals surface area (Å²) in [7, 11) is 0. The minimum absolute atomic E-state index is 0.0938. The van der Waals surface area contributed by atoms with Crippen LogP contribution in [-0.2, 0) is 4.79 Å². The lowest BCUT2D eigenvalue weighted by Gasteiger charge is -2.49. The van der Waals surface area contributed by atoms with E-state index in [0.29, 0.717) is 6.04 Å². The van der Waals surface area contributed by atoms with Crippen LogP contribution in [0.3, 0.4) is 0 Å². The maximum Gasteiger partial charge on any atom is 0.305 e. The molecule has 2 aliphatic heterocycles. The number of aliphatic carboxylic acids is 1. The van der Waals surface area contributed by atoms with Crippen LogP contribution in [0.1, 0.15) is 36.4 Å². The maximum atomic E-state index is 11.6. The van der Waals surface area contributed by atoms with Gasteiger partial charge in [0.15, 0.2) is 0 Å². The van der Waals surface area contributed by atoms with Crippen molar-refractivity contribution in [1.82, 2.24) is 10.2 Å². The van der Waals surface area contributed by atoms with Gasteiger partial charge in [0.25, 0.3) is 0 Å². The Kier molecular flexibility index (Phi) is 4.32. The Morgan fingerprint density at radius 3 is 2.28 bits per heavy atom. The summed E-state index contributed by atoms with van der Waals surface area (Å²) in [5.41, 5.74) is 2.15. The molecule has 0 aliphatic carbocycles. The zero-order valence-corrected chi connectivity index (χ0v) is 14.3. The van der Waals surface area contributed by atoms with Crippen LogP contribution in [-0.4, -0.2) is 40.6 Å². The first kappa shape index (κ1) is 16.3. The van der Waals surface area contributed by atoms with Crippen LogP contribution in [0.4, 0.5) is 0 Å². The first-order valence-electron chi connectivity index (χ1n) is 9.00. The molecule has 0 saturated carbocycles. The molecule has 0 aromatic heterocycles. The predicted molar refractivity (Wildman–Crippen MR) is 97.4 cm³/mol. The zero-order chi connectivity index (χ0) is 17.3. The lowest BCUT2D eigenvalue weighted by Crippen LogP contribution is -2.62. The van der Waals surface area contributed by atoms with Gasteiger partial charge in [-0.25, -0.2) is 0 Å². The van der Waals surface area contributed by atoms with E-state index in [9.17, 15) is 9.90 Å². The second kappa shape index (κ2) is 6.62. The van der Waals surface area contributed by atoms with E-state index < -0.39 is 5.97 Å². The molecule has 2 unspecified atom stereocenters. The van der Waals surface area contributed by atoms with Gasteiger partial charge in [0.2, 0.25) is 0 Å². The summed E-state index contributed by atoms with van der Waals surface area (Å²) in [6, 6.07) is 21.4. The maximum absolute atomic E-state index is 11.6. The highest BCUT2D eigenvalue weighted by molar-refractivity contribution is 5.68. The molecule has 2 heterocycles. The van der Waals surface area contributed by atoms with E-state index in [-0.39, 0.29) is 18.0 Å². The minimum atomic E-state index is -0.714. The third-order valence-corrected chi connectivity index (χ3v) is 5.71. The van der Waals surface area contributed by atoms with Gasteiger partial charge in [-0.15, -0.1) is 0 Å². The van der Waals surface area contributed by atoms with Gasteiger partial charge in [-0.1, -0.05) is 60.7 Å². The molecule has 4 heteroatoms. The van der Waals surface area contributed by atoms with Crippen LogP contribution < -0.4 is 5.32 Å². The second-order valence-electron chi connectivity index (χ2n) is 7.25. The van der Waals surface area contributed by atoms with Crippen molar-refractivity contribution in [2.24, 2.45) is 0 Å². The Morgan fingerprint density at radius 1 is 1.12 bits per heavy atom. The van der Waals surface area contributed by atoms with E-state index in [4.69, 9.17) is 0 Å². The number of benzene rings is 2. The summed E-state index contributed by atoms with van der Waals surface area (Å²) in [4.78, 5) is 14.1. The van der Waals surface area contributed by atoms with Crippen LogP contribution >= 0.6 is 0 Å². The molecule has 130 valence electrons. The van der Waals surface area contributed by atoms with Gasteiger partial charge in [0.05, 0.1) is 12.5 Å². The Hall–Kier alpha value is -2.17. The van der Waals surface area contributed by atoms with Gasteiger partial charge in [-0.05, 0) is 24.0 Å². The average Bonchev–Trinajstić information content (AvgIpc) is 2.82. The first-order valence-corrected chi connectivity index (χ1v) is 9.00. The van der Waals surface area contributed by atoms with Crippen LogP contribution in [0.5, 0.6) is 0 Å². The molecule has 4 rings (SSSR count). The van der Waals surface area contributed by atoms with Crippen LogP contribution in [0.25, 0.3) is 0 Å². The number of carboxylic acid groups (broad SMARTS) is 1. The fraction of sp³-hybridized carbons (Fsp3) is 0.381. The van der Waals surface area contributed by atoms with Crippen molar-refractivity contribution in [1.29, 1.82) is 0 Å². The normalized spacial score (nSPS) is 26.0. The Morgan fingerprint density at radius 2 is 1.72 bits per heavy atom. The fourth-order valence-corrected chi connectivity index (χ4v) is 4.73. The molecule has 2 N–H and O–H groups in total. The molecule has 0 radical (unpaired) electrons. The molecule has 0 amide bonds. The van der Waals surface area contributed by atoms with Crippen LogP contribution in [0.15, 0.2) is 60.7 Å². The summed E-state index contributed by atoms with van der Waals surface area (Å²) in [5.74, 6) is -0.714. The quantitative estimate of drug-likeness (QED) is 0.881. The van der Waals surface area contributed by atoms with Crippen molar-refractivity contribution in [2.75, 3.05) is 13.1 Å². The largest absolute Gasteiger partial charge is 0.481 e.